The molecule has 0 amide bonds. The third-order valence-electron chi connectivity index (χ3n) is 1.59. The first kappa shape index (κ1) is 8.07. The molecule has 0 saturated heterocycles. The van der Waals surface area contributed by atoms with Crippen LogP contribution >= 0.6 is 11.6 Å². The molecule has 0 atom stereocenters. The van der Waals surface area contributed by atoms with Crippen LogP contribution in [-0.4, -0.2) is 9.97 Å². The second-order valence-electron chi connectivity index (χ2n) is 2.46. The summed E-state index contributed by atoms with van der Waals surface area (Å²) in [4.78, 5) is 7.67. The van der Waals surface area contributed by atoms with E-state index in [1.54, 1.807) is 18.5 Å². The second kappa shape index (κ2) is 3.06. The van der Waals surface area contributed by atoms with Gasteiger partial charge >= 0.3 is 0 Å². The van der Waals surface area contributed by atoms with Crippen LogP contribution < -0.4 is 5.73 Å². The maximum atomic E-state index is 5.78. The molecule has 2 N–H and O–H groups in total. The first-order chi connectivity index (χ1) is 6.27. The van der Waals surface area contributed by atoms with E-state index in [1.807, 2.05) is 0 Å². The van der Waals surface area contributed by atoms with E-state index in [4.69, 9.17) is 21.8 Å². The third-order valence-corrected chi connectivity index (χ3v) is 1.89. The van der Waals surface area contributed by atoms with E-state index < -0.39 is 0 Å². The highest BCUT2D eigenvalue weighted by Crippen LogP contribution is 2.24. The monoisotopic (exact) mass is 195 g/mol. The van der Waals surface area contributed by atoms with Crippen molar-refractivity contribution in [3.63, 3.8) is 0 Å². The Bertz CT molecular complexity index is 413. The van der Waals surface area contributed by atoms with Gasteiger partial charge in [0, 0.05) is 11.8 Å². The minimum atomic E-state index is 0.310. The molecule has 0 aliphatic carbocycles. The summed E-state index contributed by atoms with van der Waals surface area (Å²) in [5, 5.41) is 0.411. The zero-order valence-corrected chi connectivity index (χ0v) is 7.32. The number of nitrogen functional groups attached to an aromatic ring is 1. The molecule has 2 rings (SSSR count). The average Bonchev–Trinajstić information content (AvgIpc) is 2.62. The van der Waals surface area contributed by atoms with Gasteiger partial charge in [0.2, 0.25) is 0 Å². The van der Waals surface area contributed by atoms with E-state index in [-0.39, 0.29) is 0 Å². The predicted molar refractivity (Wildman–Crippen MR) is 49.2 cm³/mol. The molecule has 0 spiro atoms. The Hall–Kier alpha value is -1.55. The normalized spacial score (nSPS) is 10.2. The number of rotatable bonds is 1. The summed E-state index contributed by atoms with van der Waals surface area (Å²) in [6.07, 6.45) is 4.52. The van der Waals surface area contributed by atoms with Crippen LogP contribution in [0.15, 0.2) is 29.3 Å². The third kappa shape index (κ3) is 1.48. The molecular weight excluding hydrogens is 190 g/mol. The number of pyridine rings is 1. The summed E-state index contributed by atoms with van der Waals surface area (Å²) in [7, 11) is 0. The molecule has 0 aliphatic heterocycles. The quantitative estimate of drug-likeness (QED) is 0.756. The number of anilines is 1. The van der Waals surface area contributed by atoms with E-state index in [0.717, 1.165) is 5.56 Å². The Morgan fingerprint density at radius 1 is 1.38 bits per heavy atom. The van der Waals surface area contributed by atoms with Gasteiger partial charge in [0.1, 0.15) is 5.82 Å². The van der Waals surface area contributed by atoms with Gasteiger partial charge in [-0.2, -0.15) is 0 Å². The molecule has 0 aromatic carbocycles. The van der Waals surface area contributed by atoms with Crippen LogP contribution in [0.2, 0.25) is 5.02 Å². The Balaban J connectivity index is 2.49. The Morgan fingerprint density at radius 3 is 2.85 bits per heavy atom. The highest BCUT2D eigenvalue weighted by Gasteiger charge is 2.04. The van der Waals surface area contributed by atoms with Crippen LogP contribution in [0, 0.1) is 0 Å². The maximum Gasteiger partial charge on any atom is 0.181 e. The molecule has 0 fully saturated rings. The van der Waals surface area contributed by atoms with E-state index >= 15 is 0 Å². The summed E-state index contributed by atoms with van der Waals surface area (Å²) in [5.41, 5.74) is 6.21. The molecule has 0 aliphatic rings. The first-order valence-electron chi connectivity index (χ1n) is 3.57. The summed E-state index contributed by atoms with van der Waals surface area (Å²) >= 11 is 5.78. The second-order valence-corrected chi connectivity index (χ2v) is 2.86. The van der Waals surface area contributed by atoms with Gasteiger partial charge in [0.25, 0.3) is 0 Å². The number of aromatic nitrogens is 2. The van der Waals surface area contributed by atoms with Gasteiger partial charge in [-0.1, -0.05) is 11.6 Å². The van der Waals surface area contributed by atoms with E-state index in [1.165, 1.54) is 6.39 Å². The SMILES string of the molecule is Nc1ncc(-c2cnco2)cc1Cl. The molecule has 0 radical (unpaired) electrons. The van der Waals surface area contributed by atoms with E-state index in [0.29, 0.717) is 16.6 Å². The van der Waals surface area contributed by atoms with Gasteiger partial charge < -0.3 is 10.2 Å². The van der Waals surface area contributed by atoms with Gasteiger partial charge in [0.05, 0.1) is 11.2 Å². The highest BCUT2D eigenvalue weighted by atomic mass is 35.5. The van der Waals surface area contributed by atoms with Crippen molar-refractivity contribution in [2.45, 2.75) is 0 Å². The lowest BCUT2D eigenvalue weighted by molar-refractivity contribution is 0.572. The Labute approximate surface area is 79.4 Å². The topological polar surface area (TPSA) is 64.9 Å². The largest absolute Gasteiger partial charge is 0.443 e. The average molecular weight is 196 g/mol. The molecular formula is C8H6ClN3O. The smallest absolute Gasteiger partial charge is 0.181 e. The summed E-state index contributed by atoms with van der Waals surface area (Å²) in [6, 6.07) is 1.68. The first-order valence-corrected chi connectivity index (χ1v) is 3.95. The predicted octanol–water partition coefficient (Wildman–Crippen LogP) is 1.97. The minimum Gasteiger partial charge on any atom is -0.443 e. The molecule has 66 valence electrons. The molecule has 2 aromatic heterocycles. The number of halogens is 1. The van der Waals surface area contributed by atoms with Crippen molar-refractivity contribution in [2.75, 3.05) is 5.73 Å². The molecule has 2 aromatic rings. The highest BCUT2D eigenvalue weighted by molar-refractivity contribution is 6.33. The van der Waals surface area contributed by atoms with Crippen molar-refractivity contribution in [1.29, 1.82) is 0 Å². The Morgan fingerprint density at radius 2 is 2.23 bits per heavy atom. The van der Waals surface area contributed by atoms with Crippen molar-refractivity contribution < 1.29 is 4.42 Å². The zero-order chi connectivity index (χ0) is 9.26. The van der Waals surface area contributed by atoms with Gasteiger partial charge in [0.15, 0.2) is 12.2 Å². The van der Waals surface area contributed by atoms with Gasteiger partial charge in [-0.3, -0.25) is 0 Å². The summed E-state index contributed by atoms with van der Waals surface area (Å²) < 4.78 is 5.06. The van der Waals surface area contributed by atoms with Crippen molar-refractivity contribution in [3.05, 3.63) is 29.9 Å². The van der Waals surface area contributed by atoms with Crippen LogP contribution in [0.3, 0.4) is 0 Å². The molecule has 2 heterocycles. The fraction of sp³-hybridized carbons (Fsp3) is 0. The van der Waals surface area contributed by atoms with Crippen molar-refractivity contribution >= 4 is 17.4 Å². The lowest BCUT2D eigenvalue weighted by Crippen LogP contribution is -1.90. The minimum absolute atomic E-state index is 0.310. The standard InChI is InChI=1S/C8H6ClN3O/c9-6-1-5(2-12-8(6)10)7-3-11-4-13-7/h1-4H,(H2,10,12). The van der Waals surface area contributed by atoms with Crippen LogP contribution in [0.5, 0.6) is 0 Å². The number of hydrogen-bond donors (Lipinski definition) is 1. The lowest BCUT2D eigenvalue weighted by atomic mass is 10.2. The fourth-order valence-electron chi connectivity index (χ4n) is 0.942. The van der Waals surface area contributed by atoms with Gasteiger partial charge in [-0.05, 0) is 6.07 Å². The van der Waals surface area contributed by atoms with Crippen molar-refractivity contribution in [2.24, 2.45) is 0 Å². The van der Waals surface area contributed by atoms with Crippen molar-refractivity contribution in [1.82, 2.24) is 9.97 Å². The van der Waals surface area contributed by atoms with Crippen LogP contribution in [-0.2, 0) is 0 Å². The molecule has 5 heteroatoms. The van der Waals surface area contributed by atoms with Crippen molar-refractivity contribution in [3.8, 4) is 11.3 Å². The Kier molecular flexibility index (Phi) is 1.90. The van der Waals surface area contributed by atoms with Gasteiger partial charge in [-0.25, -0.2) is 9.97 Å². The maximum absolute atomic E-state index is 5.78. The molecule has 13 heavy (non-hydrogen) atoms. The number of nitrogens with two attached hydrogens (primary N) is 1. The molecule has 0 saturated carbocycles. The van der Waals surface area contributed by atoms with Crippen LogP contribution in [0.1, 0.15) is 0 Å². The zero-order valence-electron chi connectivity index (χ0n) is 6.57. The van der Waals surface area contributed by atoms with E-state index in [9.17, 15) is 0 Å². The lowest BCUT2D eigenvalue weighted by Gasteiger charge is -1.98. The molecule has 4 nitrogen and oxygen atoms in total. The number of oxazole rings is 1. The van der Waals surface area contributed by atoms with E-state index in [2.05, 4.69) is 9.97 Å². The number of hydrogen-bond acceptors (Lipinski definition) is 4. The fourth-order valence-corrected chi connectivity index (χ4v) is 1.11. The number of nitrogens with zero attached hydrogens (tertiary/aromatic N) is 2. The summed E-state index contributed by atoms with van der Waals surface area (Å²) in [6.45, 7) is 0. The summed E-state index contributed by atoms with van der Waals surface area (Å²) in [5.74, 6) is 0.930. The van der Waals surface area contributed by atoms with Crippen LogP contribution in [0.25, 0.3) is 11.3 Å². The molecule has 0 bridgehead atoms. The van der Waals surface area contributed by atoms with Gasteiger partial charge in [-0.15, -0.1) is 0 Å². The van der Waals surface area contributed by atoms with Crippen LogP contribution in [0.4, 0.5) is 5.82 Å². The molecule has 0 unspecified atom stereocenters.